The van der Waals surface area contributed by atoms with Crippen LogP contribution in [0, 0.1) is 5.92 Å². The first-order valence-corrected chi connectivity index (χ1v) is 8.87. The van der Waals surface area contributed by atoms with Crippen molar-refractivity contribution >= 4 is 29.7 Å². The lowest BCUT2D eigenvalue weighted by atomic mass is 10.1. The topological polar surface area (TPSA) is 84.5 Å². The van der Waals surface area contributed by atoms with Gasteiger partial charge in [0.05, 0.1) is 6.42 Å². The van der Waals surface area contributed by atoms with Gasteiger partial charge >= 0.3 is 12.0 Å². The maximum Gasteiger partial charge on any atom is 0.321 e. The van der Waals surface area contributed by atoms with E-state index in [1.807, 2.05) is 44.2 Å². The summed E-state index contributed by atoms with van der Waals surface area (Å²) in [5, 5.41) is 4.69. The normalized spacial score (nSPS) is 10.3. The van der Waals surface area contributed by atoms with Crippen LogP contribution in [-0.4, -0.2) is 36.8 Å². The highest BCUT2D eigenvalue weighted by Gasteiger charge is 2.10. The number of carbonyl (C=O) groups excluding carboxylic acids is 3. The third-order valence-corrected chi connectivity index (χ3v) is 3.96. The van der Waals surface area contributed by atoms with E-state index in [4.69, 9.17) is 4.74 Å². The van der Waals surface area contributed by atoms with Crippen molar-refractivity contribution in [2.45, 2.75) is 31.6 Å². The number of rotatable bonds is 9. The second-order valence-electron chi connectivity index (χ2n) is 5.56. The van der Waals surface area contributed by atoms with Gasteiger partial charge in [0.25, 0.3) is 5.91 Å². The van der Waals surface area contributed by atoms with Gasteiger partial charge in [-0.3, -0.25) is 14.9 Å². The van der Waals surface area contributed by atoms with Crippen molar-refractivity contribution in [3.05, 3.63) is 30.3 Å². The van der Waals surface area contributed by atoms with Crippen molar-refractivity contribution in [1.82, 2.24) is 10.6 Å². The van der Waals surface area contributed by atoms with Crippen LogP contribution in [0.25, 0.3) is 0 Å². The van der Waals surface area contributed by atoms with Crippen molar-refractivity contribution in [3.8, 4) is 0 Å². The molecule has 1 aromatic rings. The zero-order valence-corrected chi connectivity index (χ0v) is 14.9. The molecule has 1 rings (SSSR count). The van der Waals surface area contributed by atoms with Crippen molar-refractivity contribution in [2.24, 2.45) is 5.92 Å². The first kappa shape index (κ1) is 20.0. The summed E-state index contributed by atoms with van der Waals surface area (Å²) in [5.74, 6) is -0.0641. The van der Waals surface area contributed by atoms with Crippen molar-refractivity contribution < 1.29 is 19.1 Å². The molecule has 0 aromatic heterocycles. The molecule has 0 fully saturated rings. The average Bonchev–Trinajstić information content (AvgIpc) is 2.53. The van der Waals surface area contributed by atoms with Gasteiger partial charge in [0.1, 0.15) is 0 Å². The minimum atomic E-state index is -0.638. The number of carbonyl (C=O) groups is 3. The highest BCUT2D eigenvalue weighted by atomic mass is 32.2. The molecule has 24 heavy (non-hydrogen) atoms. The summed E-state index contributed by atoms with van der Waals surface area (Å²) in [6, 6.07) is 9.13. The largest absolute Gasteiger partial charge is 0.456 e. The van der Waals surface area contributed by atoms with Gasteiger partial charge in [-0.25, -0.2) is 4.79 Å². The SMILES string of the molecule is CC(C)CCNC(=O)NC(=O)COC(=O)CCSc1ccccc1. The van der Waals surface area contributed by atoms with E-state index in [0.29, 0.717) is 18.2 Å². The molecule has 3 amide bonds. The Kier molecular flexibility index (Phi) is 9.60. The smallest absolute Gasteiger partial charge is 0.321 e. The highest BCUT2D eigenvalue weighted by Crippen LogP contribution is 2.17. The van der Waals surface area contributed by atoms with E-state index >= 15 is 0 Å². The van der Waals surface area contributed by atoms with Crippen molar-refractivity contribution in [3.63, 3.8) is 0 Å². The van der Waals surface area contributed by atoms with Crippen LogP contribution in [0.15, 0.2) is 35.2 Å². The molecule has 1 aromatic carbocycles. The van der Waals surface area contributed by atoms with E-state index in [1.54, 1.807) is 0 Å². The molecule has 6 nitrogen and oxygen atoms in total. The summed E-state index contributed by atoms with van der Waals surface area (Å²) in [5.41, 5.74) is 0. The quantitative estimate of drug-likeness (QED) is 0.527. The average molecular weight is 352 g/mol. The predicted octanol–water partition coefficient (Wildman–Crippen LogP) is 2.58. The van der Waals surface area contributed by atoms with E-state index in [9.17, 15) is 14.4 Å². The van der Waals surface area contributed by atoms with Crippen LogP contribution in [0.3, 0.4) is 0 Å². The highest BCUT2D eigenvalue weighted by molar-refractivity contribution is 7.99. The number of hydrogen-bond acceptors (Lipinski definition) is 5. The Morgan fingerprint density at radius 1 is 1.17 bits per heavy atom. The predicted molar refractivity (Wildman–Crippen MR) is 93.7 cm³/mol. The summed E-state index contributed by atoms with van der Waals surface area (Å²) in [6.07, 6.45) is 1.03. The van der Waals surface area contributed by atoms with Crippen LogP contribution in [0.1, 0.15) is 26.7 Å². The van der Waals surface area contributed by atoms with Crippen LogP contribution in [-0.2, 0) is 14.3 Å². The number of benzene rings is 1. The molecule has 7 heteroatoms. The molecule has 2 N–H and O–H groups in total. The monoisotopic (exact) mass is 352 g/mol. The first-order valence-electron chi connectivity index (χ1n) is 7.88. The molecule has 0 aliphatic carbocycles. The van der Waals surface area contributed by atoms with E-state index in [1.165, 1.54) is 11.8 Å². The van der Waals surface area contributed by atoms with E-state index in [2.05, 4.69) is 10.6 Å². The fourth-order valence-electron chi connectivity index (χ4n) is 1.67. The Labute approximate surface area is 146 Å². The molecule has 132 valence electrons. The van der Waals surface area contributed by atoms with Crippen LogP contribution in [0.4, 0.5) is 4.79 Å². The fraction of sp³-hybridized carbons (Fsp3) is 0.471. The number of thioether (sulfide) groups is 1. The summed E-state index contributed by atoms with van der Waals surface area (Å²) >= 11 is 1.54. The summed E-state index contributed by atoms with van der Waals surface area (Å²) in [6.45, 7) is 4.13. The van der Waals surface area contributed by atoms with Crippen LogP contribution < -0.4 is 10.6 Å². The van der Waals surface area contributed by atoms with E-state index in [-0.39, 0.29) is 6.42 Å². The standard InChI is InChI=1S/C17H24N2O4S/c1-13(2)8-10-18-17(22)19-15(20)12-23-16(21)9-11-24-14-6-4-3-5-7-14/h3-7,13H,8-12H2,1-2H3,(H2,18,19,20,22). The van der Waals surface area contributed by atoms with Gasteiger partial charge in [0.2, 0.25) is 0 Å². The van der Waals surface area contributed by atoms with E-state index in [0.717, 1.165) is 11.3 Å². The Morgan fingerprint density at radius 3 is 2.54 bits per heavy atom. The third-order valence-electron chi connectivity index (χ3n) is 2.94. The number of esters is 1. The Hall–Kier alpha value is -2.02. The van der Waals surface area contributed by atoms with Crippen LogP contribution >= 0.6 is 11.8 Å². The minimum Gasteiger partial charge on any atom is -0.456 e. The Morgan fingerprint density at radius 2 is 1.88 bits per heavy atom. The zero-order valence-electron chi connectivity index (χ0n) is 14.0. The molecular formula is C17H24N2O4S. The number of imide groups is 1. The second kappa shape index (κ2) is 11.5. The van der Waals surface area contributed by atoms with Crippen LogP contribution in [0.2, 0.25) is 0 Å². The van der Waals surface area contributed by atoms with Crippen molar-refractivity contribution in [1.29, 1.82) is 0 Å². The first-order chi connectivity index (χ1) is 11.5. The lowest BCUT2D eigenvalue weighted by molar-refractivity contribution is -0.147. The van der Waals surface area contributed by atoms with E-state index < -0.39 is 24.5 Å². The summed E-state index contributed by atoms with van der Waals surface area (Å²) in [4.78, 5) is 35.5. The van der Waals surface area contributed by atoms with Gasteiger partial charge in [0, 0.05) is 17.2 Å². The molecule has 0 radical (unpaired) electrons. The maximum absolute atomic E-state index is 11.6. The van der Waals surface area contributed by atoms with Gasteiger partial charge in [0.15, 0.2) is 6.61 Å². The lowest BCUT2D eigenvalue weighted by Crippen LogP contribution is -2.42. The molecule has 0 unspecified atom stereocenters. The maximum atomic E-state index is 11.6. The molecule has 0 saturated carbocycles. The number of urea groups is 1. The molecule has 0 heterocycles. The number of hydrogen-bond donors (Lipinski definition) is 2. The van der Waals surface area contributed by atoms with Gasteiger partial charge < -0.3 is 10.1 Å². The molecule has 0 saturated heterocycles. The molecule has 0 aliphatic heterocycles. The Bertz CT molecular complexity index is 535. The second-order valence-corrected chi connectivity index (χ2v) is 6.73. The Balaban J connectivity index is 2.10. The third kappa shape index (κ3) is 9.89. The van der Waals surface area contributed by atoms with Gasteiger partial charge in [-0.05, 0) is 24.5 Å². The zero-order chi connectivity index (χ0) is 17.8. The van der Waals surface area contributed by atoms with Crippen molar-refractivity contribution in [2.75, 3.05) is 18.9 Å². The molecule has 0 bridgehead atoms. The van der Waals surface area contributed by atoms with Crippen LogP contribution in [0.5, 0.6) is 0 Å². The van der Waals surface area contributed by atoms with Gasteiger partial charge in [-0.15, -0.1) is 11.8 Å². The fourth-order valence-corrected chi connectivity index (χ4v) is 2.52. The molecular weight excluding hydrogens is 328 g/mol. The molecule has 0 aliphatic rings. The molecule has 0 atom stereocenters. The lowest BCUT2D eigenvalue weighted by Gasteiger charge is -2.08. The van der Waals surface area contributed by atoms with Gasteiger partial charge in [-0.2, -0.15) is 0 Å². The minimum absolute atomic E-state index is 0.202. The summed E-state index contributed by atoms with van der Waals surface area (Å²) < 4.78 is 4.84. The number of nitrogens with one attached hydrogen (secondary N) is 2. The summed E-state index contributed by atoms with van der Waals surface area (Å²) in [7, 11) is 0. The number of ether oxygens (including phenoxy) is 1. The number of amides is 3. The van der Waals surface area contributed by atoms with Gasteiger partial charge in [-0.1, -0.05) is 32.0 Å². The molecule has 0 spiro atoms.